The normalized spacial score (nSPS) is 25.6. The van der Waals surface area contributed by atoms with Crippen molar-refractivity contribution in [2.45, 2.75) is 63.6 Å². The van der Waals surface area contributed by atoms with Gasteiger partial charge in [-0.2, -0.15) is 4.39 Å². The molecule has 4 rings (SSSR count). The topological polar surface area (TPSA) is 45.7 Å². The van der Waals surface area contributed by atoms with Gasteiger partial charge in [-0.1, -0.05) is 29.8 Å². The van der Waals surface area contributed by atoms with Crippen LogP contribution in [0.25, 0.3) is 0 Å². The third-order valence-corrected chi connectivity index (χ3v) is 6.97. The van der Waals surface area contributed by atoms with Crippen molar-refractivity contribution in [1.82, 2.24) is 9.88 Å². The quantitative estimate of drug-likeness (QED) is 0.536. The maximum Gasteiger partial charge on any atom is 0.416 e. The molecule has 4 atom stereocenters. The Bertz CT molecular complexity index is 962. The Morgan fingerprint density at radius 2 is 1.94 bits per heavy atom. The van der Waals surface area contributed by atoms with E-state index in [4.69, 9.17) is 16.3 Å². The second kappa shape index (κ2) is 8.99. The number of nitrogens with zero attached hydrogens (tertiary/aromatic N) is 3. The van der Waals surface area contributed by atoms with E-state index in [0.717, 1.165) is 19.3 Å². The predicted molar refractivity (Wildman–Crippen MR) is 125 cm³/mol. The van der Waals surface area contributed by atoms with Crippen LogP contribution in [-0.4, -0.2) is 47.3 Å². The van der Waals surface area contributed by atoms with Crippen molar-refractivity contribution in [2.75, 3.05) is 18.5 Å². The van der Waals surface area contributed by atoms with Gasteiger partial charge in [0.05, 0.1) is 0 Å². The smallest absolute Gasteiger partial charge is 0.416 e. The number of rotatable bonds is 4. The van der Waals surface area contributed by atoms with E-state index in [-0.39, 0.29) is 17.7 Å². The van der Waals surface area contributed by atoms with Crippen LogP contribution in [0.5, 0.6) is 0 Å². The molecule has 2 fully saturated rings. The number of hydrogen-bond donors (Lipinski definition) is 0. The van der Waals surface area contributed by atoms with Gasteiger partial charge in [0, 0.05) is 23.7 Å². The highest BCUT2D eigenvalue weighted by Crippen LogP contribution is 2.47. The number of piperidine rings is 1. The molecule has 2 unspecified atom stereocenters. The van der Waals surface area contributed by atoms with Gasteiger partial charge in [-0.25, -0.2) is 9.78 Å². The fourth-order valence-electron chi connectivity index (χ4n) is 5.26. The first-order chi connectivity index (χ1) is 15.1. The number of hydrogen-bond acceptors (Lipinski definition) is 4. The molecule has 1 aromatic carbocycles. The number of halogens is 2. The zero-order chi connectivity index (χ0) is 23.0. The molecule has 3 heterocycles. The van der Waals surface area contributed by atoms with Gasteiger partial charge in [0.15, 0.2) is 0 Å². The monoisotopic (exact) mass is 458 g/mol. The SMILES string of the molecule is CN1C2CCC1[C@@H](CN(C(=O)OC(C)(C)C)c1cccc([18F])n1)[C@@H](c1ccc(Cl)cc1)C2. The van der Waals surface area contributed by atoms with E-state index in [0.29, 0.717) is 23.7 Å². The number of aromatic nitrogens is 1. The van der Waals surface area contributed by atoms with Crippen LogP contribution in [0.1, 0.15) is 51.5 Å². The molecule has 32 heavy (non-hydrogen) atoms. The van der Waals surface area contributed by atoms with Gasteiger partial charge in [0.2, 0.25) is 5.95 Å². The van der Waals surface area contributed by atoms with E-state index in [1.54, 1.807) is 12.1 Å². The van der Waals surface area contributed by atoms with Crippen LogP contribution in [0.15, 0.2) is 42.5 Å². The highest BCUT2D eigenvalue weighted by Gasteiger charge is 2.47. The molecule has 2 saturated heterocycles. The Kier molecular flexibility index (Phi) is 6.46. The Hall–Kier alpha value is -2.18. The van der Waals surface area contributed by atoms with Gasteiger partial charge in [-0.3, -0.25) is 4.90 Å². The first-order valence-corrected chi connectivity index (χ1v) is 11.6. The minimum atomic E-state index is -0.667. The number of carbonyl (C=O) groups excluding carboxylic acids is 1. The Morgan fingerprint density at radius 3 is 2.59 bits per heavy atom. The summed E-state index contributed by atoms with van der Waals surface area (Å²) in [5, 5.41) is 0.709. The number of ether oxygens (including phenoxy) is 1. The number of amides is 1. The van der Waals surface area contributed by atoms with E-state index in [1.807, 2.05) is 32.9 Å². The number of carbonyl (C=O) groups is 1. The van der Waals surface area contributed by atoms with Gasteiger partial charge in [-0.05, 0) is 88.7 Å². The lowest BCUT2D eigenvalue weighted by Crippen LogP contribution is -2.51. The van der Waals surface area contributed by atoms with Gasteiger partial charge in [-0.15, -0.1) is 0 Å². The average molecular weight is 459 g/mol. The molecule has 0 aliphatic carbocycles. The van der Waals surface area contributed by atoms with E-state index in [9.17, 15) is 9.18 Å². The predicted octanol–water partition coefficient (Wildman–Crippen LogP) is 5.88. The van der Waals surface area contributed by atoms with Crippen LogP contribution in [0.4, 0.5) is 15.0 Å². The molecule has 7 heteroatoms. The Labute approximate surface area is 194 Å². The van der Waals surface area contributed by atoms with Crippen molar-refractivity contribution >= 4 is 23.5 Å². The summed E-state index contributed by atoms with van der Waals surface area (Å²) in [6.07, 6.45) is 2.73. The van der Waals surface area contributed by atoms with E-state index < -0.39 is 17.6 Å². The molecule has 1 amide bonds. The lowest BCUT2D eigenvalue weighted by Gasteiger charge is -2.45. The molecule has 2 bridgehead atoms. The van der Waals surface area contributed by atoms with E-state index >= 15 is 0 Å². The van der Waals surface area contributed by atoms with Crippen LogP contribution < -0.4 is 4.90 Å². The van der Waals surface area contributed by atoms with Gasteiger partial charge in [0.25, 0.3) is 0 Å². The summed E-state index contributed by atoms with van der Waals surface area (Å²) < 4.78 is 19.7. The molecule has 1 aromatic heterocycles. The summed E-state index contributed by atoms with van der Waals surface area (Å²) in [4.78, 5) is 21.2. The summed E-state index contributed by atoms with van der Waals surface area (Å²) in [6.45, 7) is 5.89. The molecular weight excluding hydrogens is 428 g/mol. The number of fused-ring (bicyclic) bond motifs is 2. The Morgan fingerprint density at radius 1 is 1.22 bits per heavy atom. The van der Waals surface area contributed by atoms with Crippen LogP contribution in [0.2, 0.25) is 5.02 Å². The van der Waals surface area contributed by atoms with Crippen molar-refractivity contribution in [2.24, 2.45) is 5.92 Å². The molecular formula is C25H31ClFN3O2. The number of pyridine rings is 1. The maximum atomic E-state index is 14.0. The fourth-order valence-corrected chi connectivity index (χ4v) is 5.38. The van der Waals surface area contributed by atoms with E-state index in [1.165, 1.54) is 16.5 Å². The molecule has 2 aromatic rings. The van der Waals surface area contributed by atoms with E-state index in [2.05, 4.69) is 29.1 Å². The minimum absolute atomic E-state index is 0.150. The third-order valence-electron chi connectivity index (χ3n) is 6.71. The molecule has 0 radical (unpaired) electrons. The summed E-state index contributed by atoms with van der Waals surface area (Å²) in [5.41, 5.74) is 0.556. The molecule has 5 nitrogen and oxygen atoms in total. The van der Waals surface area contributed by atoms with Crippen molar-refractivity contribution < 1.29 is 13.9 Å². The highest BCUT2D eigenvalue weighted by molar-refractivity contribution is 6.30. The molecule has 2 aliphatic heterocycles. The molecule has 2 aliphatic rings. The summed E-state index contributed by atoms with van der Waals surface area (Å²) in [6, 6.07) is 13.4. The zero-order valence-corrected chi connectivity index (χ0v) is 19.8. The summed E-state index contributed by atoms with van der Waals surface area (Å²) in [5.74, 6) is 0.0702. The largest absolute Gasteiger partial charge is 0.443 e. The van der Waals surface area contributed by atoms with Gasteiger partial charge in [0.1, 0.15) is 11.4 Å². The number of benzene rings is 1. The third kappa shape index (κ3) is 4.91. The number of anilines is 1. The van der Waals surface area contributed by atoms with Crippen LogP contribution in [0, 0.1) is 11.9 Å². The molecule has 0 spiro atoms. The fraction of sp³-hybridized carbons (Fsp3) is 0.520. The van der Waals surface area contributed by atoms with Crippen LogP contribution in [-0.2, 0) is 4.74 Å². The van der Waals surface area contributed by atoms with Gasteiger partial charge >= 0.3 is 6.09 Å². The summed E-state index contributed by atoms with van der Waals surface area (Å²) in [7, 11) is 2.17. The molecule has 0 saturated carbocycles. The second-order valence-corrected chi connectivity index (χ2v) is 10.4. The lowest BCUT2D eigenvalue weighted by molar-refractivity contribution is 0.0540. The zero-order valence-electron chi connectivity index (χ0n) is 19.1. The molecule has 0 N–H and O–H groups in total. The average Bonchev–Trinajstić information content (AvgIpc) is 2.96. The van der Waals surface area contributed by atoms with Crippen molar-refractivity contribution in [3.63, 3.8) is 0 Å². The lowest BCUT2D eigenvalue weighted by atomic mass is 9.76. The van der Waals surface area contributed by atoms with Crippen molar-refractivity contribution in [3.05, 3.63) is 59.0 Å². The maximum absolute atomic E-state index is 14.0. The molecule has 172 valence electrons. The first kappa shape index (κ1) is 23.0. The Balaban J connectivity index is 1.70. The minimum Gasteiger partial charge on any atom is -0.443 e. The second-order valence-electron chi connectivity index (χ2n) is 9.93. The van der Waals surface area contributed by atoms with Crippen molar-refractivity contribution in [3.8, 4) is 0 Å². The van der Waals surface area contributed by atoms with Crippen LogP contribution >= 0.6 is 11.6 Å². The highest BCUT2D eigenvalue weighted by atomic mass is 35.5. The van der Waals surface area contributed by atoms with Crippen molar-refractivity contribution in [1.29, 1.82) is 0 Å². The first-order valence-electron chi connectivity index (χ1n) is 11.2. The van der Waals surface area contributed by atoms with Crippen LogP contribution in [0.3, 0.4) is 0 Å². The van der Waals surface area contributed by atoms with Gasteiger partial charge < -0.3 is 9.64 Å². The summed E-state index contributed by atoms with van der Waals surface area (Å²) >= 11 is 6.14. The standard InChI is InChI=1S/C25H31ClFN3O2/c1-25(2,3)32-24(31)30(23-7-5-6-22(27)28-23)15-20-19(16-8-10-17(26)11-9-16)14-18-12-13-21(20)29(18)4/h5-11,18-21H,12-15H2,1-4H3/t18?,19-,20+,21?/m1/s1/i27-1.